The number of likely N-dealkylation sites (N-methyl/N-ethyl adjacent to an activating group) is 1. The van der Waals surface area contributed by atoms with Crippen LogP contribution in [0.2, 0.25) is 0 Å². The number of rotatable bonds is 5. The predicted molar refractivity (Wildman–Crippen MR) is 99.5 cm³/mol. The molecule has 2 aromatic rings. The van der Waals surface area contributed by atoms with Crippen molar-refractivity contribution in [3.63, 3.8) is 0 Å². The maximum Gasteiger partial charge on any atom is 0.240 e. The van der Waals surface area contributed by atoms with E-state index in [1.54, 1.807) is 0 Å². The molecule has 0 spiro atoms. The minimum absolute atomic E-state index is 0.0183. The zero-order valence-corrected chi connectivity index (χ0v) is 15.1. The molecule has 1 amide bonds. The van der Waals surface area contributed by atoms with Crippen molar-refractivity contribution >= 4 is 22.4 Å². The number of benzene rings is 1. The Kier molecular flexibility index (Phi) is 5.60. The molecule has 1 fully saturated rings. The molecule has 1 aliphatic heterocycles. The molecule has 0 bridgehead atoms. The van der Waals surface area contributed by atoms with Gasteiger partial charge in [-0.2, -0.15) is 0 Å². The summed E-state index contributed by atoms with van der Waals surface area (Å²) in [6, 6.07) is 8.26. The van der Waals surface area contributed by atoms with Crippen LogP contribution in [0.1, 0.15) is 12.5 Å². The lowest BCUT2D eigenvalue weighted by molar-refractivity contribution is -0.117. The molecule has 2 heterocycles. The number of carbonyl (C=O) groups is 1. The molecule has 1 saturated heterocycles. The first-order valence-corrected chi connectivity index (χ1v) is 9.29. The Hall–Kier alpha value is -1.76. The Labute approximate surface area is 147 Å². The second-order valence-electron chi connectivity index (χ2n) is 6.16. The maximum atomic E-state index is 12.2. The van der Waals surface area contributed by atoms with Gasteiger partial charge < -0.3 is 10.2 Å². The summed E-state index contributed by atoms with van der Waals surface area (Å²) in [4.78, 5) is 21.4. The first-order chi connectivity index (χ1) is 11.6. The van der Waals surface area contributed by atoms with Gasteiger partial charge in [-0.1, -0.05) is 36.8 Å². The van der Waals surface area contributed by atoms with E-state index >= 15 is 0 Å². The standard InChI is InChI=1S/C18H24N4OS/c1-3-21-8-10-22(11-9-21)12-17(23)20-18-19-16(13-24-18)15-6-4-14(2)5-7-15/h4-7,13H,3,8-12H2,1-2H3,(H,19,20,23). The molecule has 24 heavy (non-hydrogen) atoms. The van der Waals surface area contributed by atoms with Crippen LogP contribution in [0.15, 0.2) is 29.6 Å². The third-order valence-electron chi connectivity index (χ3n) is 4.38. The molecule has 0 unspecified atom stereocenters. The Morgan fingerprint density at radius 2 is 1.83 bits per heavy atom. The van der Waals surface area contributed by atoms with E-state index in [1.165, 1.54) is 16.9 Å². The molecular weight excluding hydrogens is 320 g/mol. The highest BCUT2D eigenvalue weighted by atomic mass is 32.1. The van der Waals surface area contributed by atoms with Crippen LogP contribution in [0.25, 0.3) is 11.3 Å². The number of hydrogen-bond acceptors (Lipinski definition) is 5. The van der Waals surface area contributed by atoms with Crippen LogP contribution in [-0.2, 0) is 4.79 Å². The second-order valence-corrected chi connectivity index (χ2v) is 7.02. The highest BCUT2D eigenvalue weighted by Gasteiger charge is 2.18. The van der Waals surface area contributed by atoms with Crippen molar-refractivity contribution in [2.45, 2.75) is 13.8 Å². The van der Waals surface area contributed by atoms with E-state index in [1.807, 2.05) is 5.38 Å². The van der Waals surface area contributed by atoms with Crippen LogP contribution in [-0.4, -0.2) is 60.0 Å². The predicted octanol–water partition coefficient (Wildman–Crippen LogP) is 2.69. The van der Waals surface area contributed by atoms with Gasteiger partial charge in [0.05, 0.1) is 12.2 Å². The quantitative estimate of drug-likeness (QED) is 0.906. The lowest BCUT2D eigenvalue weighted by Crippen LogP contribution is -2.48. The van der Waals surface area contributed by atoms with Crippen molar-refractivity contribution in [3.8, 4) is 11.3 Å². The zero-order chi connectivity index (χ0) is 16.9. The van der Waals surface area contributed by atoms with Gasteiger partial charge in [-0.25, -0.2) is 4.98 Å². The Bertz CT molecular complexity index is 675. The molecule has 5 nitrogen and oxygen atoms in total. The molecule has 1 N–H and O–H groups in total. The number of piperazine rings is 1. The van der Waals surface area contributed by atoms with Gasteiger partial charge >= 0.3 is 0 Å². The molecule has 0 atom stereocenters. The smallest absolute Gasteiger partial charge is 0.240 e. The van der Waals surface area contributed by atoms with Crippen molar-refractivity contribution in [2.75, 3.05) is 44.6 Å². The van der Waals surface area contributed by atoms with E-state index in [4.69, 9.17) is 0 Å². The minimum Gasteiger partial charge on any atom is -0.301 e. The van der Waals surface area contributed by atoms with Crippen molar-refractivity contribution in [1.82, 2.24) is 14.8 Å². The number of nitrogens with zero attached hydrogens (tertiary/aromatic N) is 3. The Morgan fingerprint density at radius 3 is 2.50 bits per heavy atom. The average Bonchev–Trinajstić information content (AvgIpc) is 3.04. The second kappa shape index (κ2) is 7.88. The summed E-state index contributed by atoms with van der Waals surface area (Å²) >= 11 is 1.47. The minimum atomic E-state index is 0.0183. The van der Waals surface area contributed by atoms with Gasteiger partial charge in [-0.05, 0) is 13.5 Å². The van der Waals surface area contributed by atoms with Crippen molar-refractivity contribution < 1.29 is 4.79 Å². The van der Waals surface area contributed by atoms with Crippen LogP contribution in [0.5, 0.6) is 0 Å². The fourth-order valence-corrected chi connectivity index (χ4v) is 3.55. The molecule has 1 aliphatic rings. The summed E-state index contributed by atoms with van der Waals surface area (Å²) < 4.78 is 0. The van der Waals surface area contributed by atoms with Crippen LogP contribution < -0.4 is 5.32 Å². The number of anilines is 1. The summed E-state index contributed by atoms with van der Waals surface area (Å²) in [6.45, 7) is 9.75. The van der Waals surface area contributed by atoms with E-state index < -0.39 is 0 Å². The molecule has 1 aromatic heterocycles. The zero-order valence-electron chi connectivity index (χ0n) is 14.3. The third kappa shape index (κ3) is 4.41. The SMILES string of the molecule is CCN1CCN(CC(=O)Nc2nc(-c3ccc(C)cc3)cs2)CC1. The van der Waals surface area contributed by atoms with Crippen molar-refractivity contribution in [2.24, 2.45) is 0 Å². The first kappa shape index (κ1) is 17.1. The Morgan fingerprint density at radius 1 is 1.17 bits per heavy atom. The van der Waals surface area contributed by atoms with Gasteiger partial charge in [0, 0.05) is 37.1 Å². The monoisotopic (exact) mass is 344 g/mol. The largest absolute Gasteiger partial charge is 0.301 e. The van der Waals surface area contributed by atoms with E-state index in [2.05, 4.69) is 58.2 Å². The number of hydrogen-bond donors (Lipinski definition) is 1. The van der Waals surface area contributed by atoms with E-state index in [-0.39, 0.29) is 5.91 Å². The number of aromatic nitrogens is 1. The molecule has 0 radical (unpaired) electrons. The molecule has 0 aliphatic carbocycles. The van der Waals surface area contributed by atoms with Gasteiger partial charge in [0.15, 0.2) is 5.13 Å². The van der Waals surface area contributed by atoms with Gasteiger partial charge in [0.1, 0.15) is 0 Å². The lowest BCUT2D eigenvalue weighted by Gasteiger charge is -2.33. The number of nitrogens with one attached hydrogen (secondary N) is 1. The first-order valence-electron chi connectivity index (χ1n) is 8.41. The summed E-state index contributed by atoms with van der Waals surface area (Å²) in [5, 5.41) is 5.58. The van der Waals surface area contributed by atoms with Crippen LogP contribution in [0.4, 0.5) is 5.13 Å². The van der Waals surface area contributed by atoms with Crippen LogP contribution in [0.3, 0.4) is 0 Å². The summed E-state index contributed by atoms with van der Waals surface area (Å²) in [5.74, 6) is 0.0183. The highest BCUT2D eigenvalue weighted by Crippen LogP contribution is 2.25. The van der Waals surface area contributed by atoms with E-state index in [9.17, 15) is 4.79 Å². The number of aryl methyl sites for hydroxylation is 1. The number of thiazole rings is 1. The molecule has 0 saturated carbocycles. The highest BCUT2D eigenvalue weighted by molar-refractivity contribution is 7.14. The van der Waals surface area contributed by atoms with E-state index in [0.29, 0.717) is 11.7 Å². The normalized spacial score (nSPS) is 16.2. The van der Waals surface area contributed by atoms with Crippen LogP contribution >= 0.6 is 11.3 Å². The van der Waals surface area contributed by atoms with Gasteiger partial charge in [-0.3, -0.25) is 9.69 Å². The topological polar surface area (TPSA) is 48.5 Å². The van der Waals surface area contributed by atoms with Gasteiger partial charge in [0.2, 0.25) is 5.91 Å². The molecular formula is C18H24N4OS. The summed E-state index contributed by atoms with van der Waals surface area (Å²) in [5.41, 5.74) is 3.21. The molecule has 3 rings (SSSR count). The maximum absolute atomic E-state index is 12.2. The average molecular weight is 344 g/mol. The molecule has 128 valence electrons. The van der Waals surface area contributed by atoms with E-state index in [0.717, 1.165) is 44.0 Å². The molecule has 6 heteroatoms. The van der Waals surface area contributed by atoms with Gasteiger partial charge in [-0.15, -0.1) is 11.3 Å². The fourth-order valence-electron chi connectivity index (χ4n) is 2.81. The van der Waals surface area contributed by atoms with Crippen molar-refractivity contribution in [1.29, 1.82) is 0 Å². The van der Waals surface area contributed by atoms with Crippen molar-refractivity contribution in [3.05, 3.63) is 35.2 Å². The fraction of sp³-hybridized carbons (Fsp3) is 0.444. The molecule has 1 aromatic carbocycles. The third-order valence-corrected chi connectivity index (χ3v) is 5.13. The Balaban J connectivity index is 1.53. The number of amides is 1. The van der Waals surface area contributed by atoms with Crippen LogP contribution in [0, 0.1) is 6.92 Å². The summed E-state index contributed by atoms with van der Waals surface area (Å²) in [6.07, 6.45) is 0. The lowest BCUT2D eigenvalue weighted by atomic mass is 10.1. The van der Waals surface area contributed by atoms with Gasteiger partial charge in [0.25, 0.3) is 0 Å². The number of carbonyl (C=O) groups excluding carboxylic acids is 1. The summed E-state index contributed by atoms with van der Waals surface area (Å²) in [7, 11) is 0.